The van der Waals surface area contributed by atoms with Gasteiger partial charge in [-0.25, -0.2) is 4.98 Å². The third-order valence-electron chi connectivity index (χ3n) is 3.68. The van der Waals surface area contributed by atoms with E-state index in [4.69, 9.17) is 0 Å². The van der Waals surface area contributed by atoms with E-state index in [1.165, 1.54) is 31.2 Å². The van der Waals surface area contributed by atoms with Gasteiger partial charge < -0.3 is 10.6 Å². The number of nitrogens with one attached hydrogen (secondary N) is 2. The molecule has 104 valence electrons. The highest BCUT2D eigenvalue weighted by atomic mass is 15.0. The van der Waals surface area contributed by atoms with Gasteiger partial charge >= 0.3 is 0 Å². The molecular weight excluding hydrogens is 248 g/mol. The lowest BCUT2D eigenvalue weighted by atomic mass is 10.0. The van der Waals surface area contributed by atoms with Crippen molar-refractivity contribution in [3.63, 3.8) is 0 Å². The minimum absolute atomic E-state index is 0.473. The molecule has 0 radical (unpaired) electrons. The Bertz CT molecular complexity index is 533. The monoisotopic (exact) mass is 268 g/mol. The van der Waals surface area contributed by atoms with Crippen molar-refractivity contribution in [3.05, 3.63) is 48.4 Å². The summed E-state index contributed by atoms with van der Waals surface area (Å²) in [5.41, 5.74) is 2.41. The molecule has 1 aromatic carbocycles. The van der Waals surface area contributed by atoms with Gasteiger partial charge in [-0.15, -0.1) is 0 Å². The Morgan fingerprint density at radius 1 is 1.15 bits per heavy atom. The zero-order valence-corrected chi connectivity index (χ0v) is 11.5. The fourth-order valence-corrected chi connectivity index (χ4v) is 2.66. The molecule has 0 saturated carbocycles. The predicted octanol–water partition coefficient (Wildman–Crippen LogP) is 3.42. The summed E-state index contributed by atoms with van der Waals surface area (Å²) < 4.78 is 0. The molecule has 0 bridgehead atoms. The van der Waals surface area contributed by atoms with Gasteiger partial charge in [-0.3, -0.25) is 4.98 Å². The van der Waals surface area contributed by atoms with Crippen molar-refractivity contribution in [1.82, 2.24) is 15.3 Å². The molecule has 0 aliphatic carbocycles. The van der Waals surface area contributed by atoms with Crippen LogP contribution in [0.15, 0.2) is 42.9 Å². The lowest BCUT2D eigenvalue weighted by Crippen LogP contribution is -2.20. The van der Waals surface area contributed by atoms with Crippen LogP contribution in [0.1, 0.15) is 37.3 Å². The molecule has 1 atom stereocenters. The van der Waals surface area contributed by atoms with Crippen molar-refractivity contribution in [2.24, 2.45) is 0 Å². The van der Waals surface area contributed by atoms with Gasteiger partial charge in [-0.05, 0) is 37.1 Å². The minimum Gasteiger partial charge on any atom is -0.339 e. The number of rotatable bonds is 3. The first-order chi connectivity index (χ1) is 9.92. The molecule has 0 amide bonds. The SMILES string of the molecule is c1cc(Nc2cnccn2)cc(C2CCCCCN2)c1. The van der Waals surface area contributed by atoms with Gasteiger partial charge in [-0.2, -0.15) is 0 Å². The Morgan fingerprint density at radius 2 is 2.15 bits per heavy atom. The smallest absolute Gasteiger partial charge is 0.148 e. The van der Waals surface area contributed by atoms with Crippen LogP contribution < -0.4 is 10.6 Å². The first kappa shape index (κ1) is 13.1. The van der Waals surface area contributed by atoms with Gasteiger partial charge in [0, 0.05) is 24.1 Å². The fourth-order valence-electron chi connectivity index (χ4n) is 2.66. The van der Waals surface area contributed by atoms with Gasteiger partial charge in [0.2, 0.25) is 0 Å². The lowest BCUT2D eigenvalue weighted by Gasteiger charge is -2.17. The van der Waals surface area contributed by atoms with Crippen LogP contribution in [0.5, 0.6) is 0 Å². The number of aromatic nitrogens is 2. The molecule has 1 fully saturated rings. The second-order valence-electron chi connectivity index (χ2n) is 5.20. The fraction of sp³-hybridized carbons (Fsp3) is 0.375. The van der Waals surface area contributed by atoms with E-state index in [1.807, 2.05) is 0 Å². The molecule has 2 heterocycles. The Labute approximate surface area is 119 Å². The quantitative estimate of drug-likeness (QED) is 0.895. The van der Waals surface area contributed by atoms with Gasteiger partial charge in [0.15, 0.2) is 0 Å². The van der Waals surface area contributed by atoms with Gasteiger partial charge in [0.25, 0.3) is 0 Å². The summed E-state index contributed by atoms with van der Waals surface area (Å²) in [7, 11) is 0. The van der Waals surface area contributed by atoms with Gasteiger partial charge in [0.1, 0.15) is 5.82 Å². The Morgan fingerprint density at radius 3 is 3.05 bits per heavy atom. The van der Waals surface area contributed by atoms with Crippen LogP contribution in [-0.4, -0.2) is 16.5 Å². The largest absolute Gasteiger partial charge is 0.339 e. The van der Waals surface area contributed by atoms with Crippen LogP contribution in [0, 0.1) is 0 Å². The highest BCUT2D eigenvalue weighted by Crippen LogP contribution is 2.25. The minimum atomic E-state index is 0.473. The first-order valence-corrected chi connectivity index (χ1v) is 7.28. The van der Waals surface area contributed by atoms with Gasteiger partial charge in [-0.1, -0.05) is 25.0 Å². The molecule has 1 saturated heterocycles. The van der Waals surface area contributed by atoms with Crippen LogP contribution in [0.3, 0.4) is 0 Å². The summed E-state index contributed by atoms with van der Waals surface area (Å²) in [6.07, 6.45) is 10.2. The summed E-state index contributed by atoms with van der Waals surface area (Å²) in [5, 5.41) is 6.93. The van der Waals surface area contributed by atoms with Crippen LogP contribution in [-0.2, 0) is 0 Å². The van der Waals surface area contributed by atoms with E-state index >= 15 is 0 Å². The third kappa shape index (κ3) is 3.33. The van der Waals surface area contributed by atoms with Crippen molar-refractivity contribution in [2.45, 2.75) is 31.7 Å². The maximum atomic E-state index is 4.24. The molecule has 4 heteroatoms. The molecule has 0 spiro atoms. The van der Waals surface area contributed by atoms with Crippen LogP contribution >= 0.6 is 0 Å². The van der Waals surface area contributed by atoms with Crippen molar-refractivity contribution in [3.8, 4) is 0 Å². The van der Waals surface area contributed by atoms with Crippen molar-refractivity contribution in [2.75, 3.05) is 11.9 Å². The molecule has 1 aliphatic rings. The van der Waals surface area contributed by atoms with Crippen molar-refractivity contribution in [1.29, 1.82) is 0 Å². The highest BCUT2D eigenvalue weighted by molar-refractivity contribution is 5.56. The number of hydrogen-bond acceptors (Lipinski definition) is 4. The summed E-state index contributed by atoms with van der Waals surface area (Å²) >= 11 is 0. The normalized spacial score (nSPS) is 19.3. The van der Waals surface area contributed by atoms with E-state index in [-0.39, 0.29) is 0 Å². The molecule has 2 N–H and O–H groups in total. The first-order valence-electron chi connectivity index (χ1n) is 7.28. The molecule has 2 aromatic rings. The molecule has 4 nitrogen and oxygen atoms in total. The van der Waals surface area contributed by atoms with E-state index in [0.717, 1.165) is 18.1 Å². The average Bonchev–Trinajstić information content (AvgIpc) is 2.78. The predicted molar refractivity (Wildman–Crippen MR) is 81.0 cm³/mol. The van der Waals surface area contributed by atoms with E-state index < -0.39 is 0 Å². The zero-order chi connectivity index (χ0) is 13.6. The lowest BCUT2D eigenvalue weighted by molar-refractivity contribution is 0.535. The maximum absolute atomic E-state index is 4.24. The van der Waals surface area contributed by atoms with E-state index in [1.54, 1.807) is 18.6 Å². The summed E-state index contributed by atoms with van der Waals surface area (Å²) in [4.78, 5) is 8.31. The average molecular weight is 268 g/mol. The maximum Gasteiger partial charge on any atom is 0.148 e. The van der Waals surface area contributed by atoms with E-state index in [9.17, 15) is 0 Å². The second-order valence-corrected chi connectivity index (χ2v) is 5.20. The molecule has 20 heavy (non-hydrogen) atoms. The van der Waals surface area contributed by atoms with Crippen LogP contribution in [0.25, 0.3) is 0 Å². The van der Waals surface area contributed by atoms with Crippen molar-refractivity contribution < 1.29 is 0 Å². The number of benzene rings is 1. The van der Waals surface area contributed by atoms with Crippen LogP contribution in [0.4, 0.5) is 11.5 Å². The standard InChI is InChI=1S/C16H20N4/c1-2-7-15(18-8-3-1)13-5-4-6-14(11-13)20-16-12-17-9-10-19-16/h4-6,9-12,15,18H,1-3,7-8H2,(H,19,20). The molecule has 1 unspecified atom stereocenters. The molecule has 1 aromatic heterocycles. The summed E-state index contributed by atoms with van der Waals surface area (Å²) in [6.45, 7) is 1.12. The number of nitrogens with zero attached hydrogens (tertiary/aromatic N) is 2. The van der Waals surface area contributed by atoms with Crippen molar-refractivity contribution >= 4 is 11.5 Å². The Kier molecular flexibility index (Phi) is 4.23. The summed E-state index contributed by atoms with van der Waals surface area (Å²) in [6, 6.07) is 9.04. The second kappa shape index (κ2) is 6.48. The Balaban J connectivity index is 1.75. The van der Waals surface area contributed by atoms with E-state index in [2.05, 4.69) is 44.9 Å². The zero-order valence-electron chi connectivity index (χ0n) is 11.5. The number of anilines is 2. The molecule has 3 rings (SSSR count). The molecular formula is C16H20N4. The topological polar surface area (TPSA) is 49.8 Å². The third-order valence-corrected chi connectivity index (χ3v) is 3.68. The molecule has 1 aliphatic heterocycles. The van der Waals surface area contributed by atoms with Crippen LogP contribution in [0.2, 0.25) is 0 Å². The van der Waals surface area contributed by atoms with E-state index in [0.29, 0.717) is 6.04 Å². The number of hydrogen-bond donors (Lipinski definition) is 2. The van der Waals surface area contributed by atoms with Gasteiger partial charge in [0.05, 0.1) is 6.20 Å². The Hall–Kier alpha value is -1.94. The summed E-state index contributed by atoms with van der Waals surface area (Å²) in [5.74, 6) is 0.776. The highest BCUT2D eigenvalue weighted by Gasteiger charge is 2.13.